The van der Waals surface area contributed by atoms with E-state index in [1.807, 2.05) is 0 Å². The van der Waals surface area contributed by atoms with Gasteiger partial charge in [-0.1, -0.05) is 77.0 Å². The van der Waals surface area contributed by atoms with Gasteiger partial charge in [0, 0.05) is 9.49 Å². The van der Waals surface area contributed by atoms with Crippen molar-refractivity contribution in [3.05, 3.63) is 0 Å². The van der Waals surface area contributed by atoms with E-state index in [1.165, 1.54) is 25.7 Å². The molecule has 0 aromatic carbocycles. The van der Waals surface area contributed by atoms with E-state index < -0.39 is 0 Å². The predicted molar refractivity (Wildman–Crippen MR) is 91.5 cm³/mol. The van der Waals surface area contributed by atoms with Gasteiger partial charge in [-0.3, -0.25) is 0 Å². The van der Waals surface area contributed by atoms with Gasteiger partial charge in [-0.2, -0.15) is 0 Å². The van der Waals surface area contributed by atoms with Crippen LogP contribution in [-0.2, 0) is 0 Å². The summed E-state index contributed by atoms with van der Waals surface area (Å²) in [5.41, 5.74) is 0. The Morgan fingerprint density at radius 2 is 0.833 bits per heavy atom. The van der Waals surface area contributed by atoms with E-state index in [0.29, 0.717) is 9.49 Å². The highest BCUT2D eigenvalue weighted by Gasteiger charge is 2.37. The molecule has 0 rings (SSSR count). The van der Waals surface area contributed by atoms with Crippen molar-refractivity contribution in [2.45, 2.75) is 90.6 Å². The lowest BCUT2D eigenvalue weighted by molar-refractivity contribution is 0.406. The molecule has 0 aliphatic heterocycles. The molecule has 0 spiro atoms. The minimum atomic E-state index is 0.454. The van der Waals surface area contributed by atoms with Gasteiger partial charge in [0.15, 0.2) is 0 Å². The van der Waals surface area contributed by atoms with Crippen LogP contribution in [0.4, 0.5) is 0 Å². The van der Waals surface area contributed by atoms with Crippen LogP contribution in [0.5, 0.6) is 0 Å². The normalized spacial score (nSPS) is 13.7. The van der Waals surface area contributed by atoms with E-state index in [2.05, 4.69) is 77.0 Å². The van der Waals surface area contributed by atoms with E-state index >= 15 is 0 Å². The molecule has 0 fully saturated rings. The molecule has 0 N–H and O–H groups in total. The maximum atomic E-state index is 2.38. The molecular formula is C16H34S2. The Morgan fingerprint density at radius 3 is 0.944 bits per heavy atom. The molecule has 0 radical (unpaired) electrons. The minimum Gasteiger partial charge on any atom is -0.0865 e. The Labute approximate surface area is 124 Å². The maximum absolute atomic E-state index is 2.38. The van der Waals surface area contributed by atoms with Crippen molar-refractivity contribution in [3.63, 3.8) is 0 Å². The van der Waals surface area contributed by atoms with Crippen molar-refractivity contribution in [2.75, 3.05) is 0 Å². The van der Waals surface area contributed by atoms with Crippen molar-refractivity contribution < 1.29 is 0 Å². The lowest BCUT2D eigenvalue weighted by Crippen LogP contribution is -2.33. The molecule has 0 aromatic rings. The summed E-state index contributed by atoms with van der Waals surface area (Å²) in [6, 6.07) is 0. The van der Waals surface area contributed by atoms with Crippen LogP contribution in [-0.4, -0.2) is 9.49 Å². The summed E-state index contributed by atoms with van der Waals surface area (Å²) in [6.07, 6.45) is 5.11. The van der Waals surface area contributed by atoms with Gasteiger partial charge in [0.2, 0.25) is 0 Å². The standard InChI is InChI=1S/C16H34S2/c1-9-15(10-2,13(5)6)17-18-16(11-3,12-4)14(7)8/h13-14H,9-12H2,1-8H3. The van der Waals surface area contributed by atoms with Crippen molar-refractivity contribution in [3.8, 4) is 0 Å². The summed E-state index contributed by atoms with van der Waals surface area (Å²) in [7, 11) is 4.36. The fourth-order valence-corrected chi connectivity index (χ4v) is 7.48. The van der Waals surface area contributed by atoms with Gasteiger partial charge in [-0.05, 0) is 37.5 Å². The van der Waals surface area contributed by atoms with Crippen LogP contribution < -0.4 is 0 Å². The van der Waals surface area contributed by atoms with Crippen LogP contribution in [0.15, 0.2) is 0 Å². The largest absolute Gasteiger partial charge is 0.0865 e. The molecule has 0 aromatic heterocycles. The fourth-order valence-electron chi connectivity index (χ4n) is 2.73. The minimum absolute atomic E-state index is 0.454. The zero-order valence-corrected chi connectivity index (χ0v) is 15.4. The molecule has 0 nitrogen and oxygen atoms in total. The monoisotopic (exact) mass is 290 g/mol. The van der Waals surface area contributed by atoms with Gasteiger partial charge < -0.3 is 0 Å². The summed E-state index contributed by atoms with van der Waals surface area (Å²) < 4.78 is 0.907. The van der Waals surface area contributed by atoms with Crippen LogP contribution in [0.2, 0.25) is 0 Å². The second kappa shape index (κ2) is 8.09. The summed E-state index contributed by atoms with van der Waals surface area (Å²) in [5, 5.41) is 0. The van der Waals surface area contributed by atoms with Crippen molar-refractivity contribution >= 4 is 21.6 Å². The van der Waals surface area contributed by atoms with Gasteiger partial charge in [0.05, 0.1) is 0 Å². The highest BCUT2D eigenvalue weighted by Crippen LogP contribution is 2.54. The predicted octanol–water partition coefficient (Wildman–Crippen LogP) is 6.80. The molecule has 2 heteroatoms. The molecule has 0 saturated heterocycles. The highest BCUT2D eigenvalue weighted by atomic mass is 33.1. The first kappa shape index (κ1) is 18.7. The molecule has 0 amide bonds. The lowest BCUT2D eigenvalue weighted by atomic mass is 9.90. The number of hydrogen-bond acceptors (Lipinski definition) is 2. The Kier molecular flexibility index (Phi) is 8.41. The Morgan fingerprint density at radius 1 is 0.611 bits per heavy atom. The first-order valence-electron chi connectivity index (χ1n) is 7.70. The van der Waals surface area contributed by atoms with E-state index in [4.69, 9.17) is 0 Å². The van der Waals surface area contributed by atoms with Crippen LogP contribution in [0.1, 0.15) is 81.1 Å². The molecular weight excluding hydrogens is 256 g/mol. The molecule has 0 heterocycles. The zero-order valence-electron chi connectivity index (χ0n) is 13.8. The number of hydrogen-bond donors (Lipinski definition) is 0. The van der Waals surface area contributed by atoms with Crippen molar-refractivity contribution in [1.29, 1.82) is 0 Å². The molecule has 0 aliphatic rings. The second-order valence-electron chi connectivity index (χ2n) is 6.02. The zero-order chi connectivity index (χ0) is 14.4. The van der Waals surface area contributed by atoms with Crippen LogP contribution >= 0.6 is 21.6 Å². The van der Waals surface area contributed by atoms with Gasteiger partial charge in [-0.25, -0.2) is 0 Å². The summed E-state index contributed by atoms with van der Waals surface area (Å²) >= 11 is 0. The second-order valence-corrected chi connectivity index (χ2v) is 8.98. The maximum Gasteiger partial charge on any atom is 0.0281 e. The molecule has 110 valence electrons. The Hall–Kier alpha value is 0.700. The fraction of sp³-hybridized carbons (Fsp3) is 1.00. The van der Waals surface area contributed by atoms with E-state index in [-0.39, 0.29) is 0 Å². The molecule has 0 unspecified atom stereocenters. The van der Waals surface area contributed by atoms with Gasteiger partial charge in [0.25, 0.3) is 0 Å². The quantitative estimate of drug-likeness (QED) is 0.428. The molecule has 0 saturated carbocycles. The Bertz CT molecular complexity index is 189. The van der Waals surface area contributed by atoms with Crippen LogP contribution in [0.3, 0.4) is 0 Å². The van der Waals surface area contributed by atoms with E-state index in [1.54, 1.807) is 0 Å². The average molecular weight is 291 g/mol. The van der Waals surface area contributed by atoms with Crippen molar-refractivity contribution in [2.24, 2.45) is 11.8 Å². The van der Waals surface area contributed by atoms with Crippen LogP contribution in [0, 0.1) is 11.8 Å². The first-order valence-corrected chi connectivity index (χ1v) is 9.85. The third-order valence-corrected chi connectivity index (χ3v) is 9.96. The molecule has 0 aliphatic carbocycles. The highest BCUT2D eigenvalue weighted by molar-refractivity contribution is 8.77. The van der Waals surface area contributed by atoms with Gasteiger partial charge >= 0.3 is 0 Å². The van der Waals surface area contributed by atoms with Crippen LogP contribution in [0.25, 0.3) is 0 Å². The number of rotatable bonds is 9. The molecule has 0 atom stereocenters. The summed E-state index contributed by atoms with van der Waals surface area (Å²) in [4.78, 5) is 0. The van der Waals surface area contributed by atoms with E-state index in [0.717, 1.165) is 11.8 Å². The average Bonchev–Trinajstić information content (AvgIpc) is 2.35. The third kappa shape index (κ3) is 4.10. The van der Waals surface area contributed by atoms with Crippen molar-refractivity contribution in [1.82, 2.24) is 0 Å². The summed E-state index contributed by atoms with van der Waals surface area (Å²) in [6.45, 7) is 19.0. The summed E-state index contributed by atoms with van der Waals surface area (Å²) in [5.74, 6) is 1.51. The lowest BCUT2D eigenvalue weighted by Gasteiger charge is -2.41. The SMILES string of the molecule is CCC(CC)(SSC(CC)(CC)C(C)C)C(C)C. The topological polar surface area (TPSA) is 0 Å². The van der Waals surface area contributed by atoms with Gasteiger partial charge in [0.1, 0.15) is 0 Å². The van der Waals surface area contributed by atoms with Gasteiger partial charge in [-0.15, -0.1) is 0 Å². The Balaban J connectivity index is 4.87. The smallest absolute Gasteiger partial charge is 0.0281 e. The first-order chi connectivity index (χ1) is 8.34. The van der Waals surface area contributed by atoms with E-state index in [9.17, 15) is 0 Å². The third-order valence-electron chi connectivity index (χ3n) is 4.87. The molecule has 18 heavy (non-hydrogen) atoms. The molecule has 0 bridgehead atoms.